The van der Waals surface area contributed by atoms with Crippen molar-refractivity contribution in [1.82, 2.24) is 4.90 Å². The van der Waals surface area contributed by atoms with Crippen molar-refractivity contribution in [1.29, 1.82) is 0 Å². The first kappa shape index (κ1) is 16.3. The van der Waals surface area contributed by atoms with Gasteiger partial charge in [0.15, 0.2) is 5.75 Å². The summed E-state index contributed by atoms with van der Waals surface area (Å²) in [7, 11) is 0. The van der Waals surface area contributed by atoms with E-state index in [1.165, 1.54) is 0 Å². The minimum absolute atomic E-state index is 0.0529. The third-order valence-corrected chi connectivity index (χ3v) is 3.84. The van der Waals surface area contributed by atoms with Gasteiger partial charge in [-0.15, -0.1) is 0 Å². The van der Waals surface area contributed by atoms with E-state index >= 15 is 0 Å². The Kier molecular flexibility index (Phi) is 5.41. The zero-order valence-corrected chi connectivity index (χ0v) is 13.6. The van der Waals surface area contributed by atoms with E-state index in [9.17, 15) is 9.59 Å². The maximum Gasteiger partial charge on any atom is 0.331 e. The molecule has 0 saturated carbocycles. The highest BCUT2D eigenvalue weighted by molar-refractivity contribution is 5.89. The van der Waals surface area contributed by atoms with E-state index in [0.717, 1.165) is 30.6 Å². The Morgan fingerprint density at radius 3 is 2.82 bits per heavy atom. The largest absolute Gasteiger partial charge is 0.423 e. The minimum Gasteiger partial charge on any atom is -0.423 e. The van der Waals surface area contributed by atoms with Gasteiger partial charge in [0, 0.05) is 13.1 Å². The second-order valence-corrected chi connectivity index (χ2v) is 5.63. The molecule has 1 aliphatic heterocycles. The van der Waals surface area contributed by atoms with E-state index in [1.807, 2.05) is 36.9 Å². The number of carbonyl (C=O) groups is 2. The molecule has 1 amide bonds. The number of anilines is 1. The number of ether oxygens (including phenoxy) is 1. The van der Waals surface area contributed by atoms with E-state index in [2.05, 4.69) is 6.92 Å². The molecule has 0 aromatic heterocycles. The second kappa shape index (κ2) is 7.29. The van der Waals surface area contributed by atoms with Gasteiger partial charge in [0.05, 0.1) is 12.2 Å². The van der Waals surface area contributed by atoms with Crippen molar-refractivity contribution in [2.75, 3.05) is 31.1 Å². The number of amides is 1. The standard InChI is InChI=1S/C17H24N2O3/c1-4-6-9-18(5-2)16(20)11-19-12-17(21)22-15-10-13(3)7-8-14(15)19/h7-8,10H,4-6,9,11-12H2,1-3H3. The Hall–Kier alpha value is -2.04. The Balaban J connectivity index is 2.12. The summed E-state index contributed by atoms with van der Waals surface area (Å²) in [6.07, 6.45) is 2.05. The molecule has 0 spiro atoms. The summed E-state index contributed by atoms with van der Waals surface area (Å²) < 4.78 is 5.27. The average molecular weight is 304 g/mol. The van der Waals surface area contributed by atoms with E-state index in [4.69, 9.17) is 4.74 Å². The van der Waals surface area contributed by atoms with Gasteiger partial charge in [0.1, 0.15) is 6.54 Å². The molecule has 0 radical (unpaired) electrons. The van der Waals surface area contributed by atoms with Gasteiger partial charge in [-0.2, -0.15) is 0 Å². The molecule has 1 aliphatic rings. The molecule has 5 heteroatoms. The second-order valence-electron chi connectivity index (χ2n) is 5.63. The maximum absolute atomic E-state index is 12.5. The predicted molar refractivity (Wildman–Crippen MR) is 86.2 cm³/mol. The van der Waals surface area contributed by atoms with E-state index < -0.39 is 0 Å². The molecule has 22 heavy (non-hydrogen) atoms. The third kappa shape index (κ3) is 3.78. The quantitative estimate of drug-likeness (QED) is 0.598. The molecule has 1 aromatic rings. The number of likely N-dealkylation sites (N-methyl/N-ethyl adjacent to an activating group) is 1. The fourth-order valence-corrected chi connectivity index (χ4v) is 2.57. The Labute approximate surface area is 131 Å². The van der Waals surface area contributed by atoms with Crippen LogP contribution in [0.15, 0.2) is 18.2 Å². The van der Waals surface area contributed by atoms with Crippen molar-refractivity contribution in [2.45, 2.75) is 33.6 Å². The molecule has 0 fully saturated rings. The molecule has 0 saturated heterocycles. The van der Waals surface area contributed by atoms with Crippen molar-refractivity contribution < 1.29 is 14.3 Å². The number of benzene rings is 1. The summed E-state index contributed by atoms with van der Waals surface area (Å²) in [5.74, 6) is 0.278. The van der Waals surface area contributed by atoms with Crippen LogP contribution in [0.2, 0.25) is 0 Å². The first-order valence-corrected chi connectivity index (χ1v) is 7.89. The highest BCUT2D eigenvalue weighted by atomic mass is 16.5. The molecule has 0 N–H and O–H groups in total. The molecule has 120 valence electrons. The van der Waals surface area contributed by atoms with Crippen LogP contribution in [0, 0.1) is 6.92 Å². The monoisotopic (exact) mass is 304 g/mol. The molecule has 1 aromatic carbocycles. The van der Waals surface area contributed by atoms with E-state index in [-0.39, 0.29) is 25.0 Å². The molecule has 2 rings (SSSR count). The van der Waals surface area contributed by atoms with Crippen molar-refractivity contribution in [2.24, 2.45) is 0 Å². The number of carbonyl (C=O) groups excluding carboxylic acids is 2. The fraction of sp³-hybridized carbons (Fsp3) is 0.529. The van der Waals surface area contributed by atoms with Crippen LogP contribution < -0.4 is 9.64 Å². The molecular weight excluding hydrogens is 280 g/mol. The topological polar surface area (TPSA) is 49.9 Å². The lowest BCUT2D eigenvalue weighted by Crippen LogP contribution is -2.45. The van der Waals surface area contributed by atoms with Crippen LogP contribution in [0.5, 0.6) is 5.75 Å². The molecule has 5 nitrogen and oxygen atoms in total. The minimum atomic E-state index is -0.317. The number of hydrogen-bond donors (Lipinski definition) is 0. The van der Waals surface area contributed by atoms with E-state index in [1.54, 1.807) is 4.90 Å². The molecule has 0 bridgehead atoms. The van der Waals surface area contributed by atoms with Crippen molar-refractivity contribution in [3.05, 3.63) is 23.8 Å². The first-order chi connectivity index (χ1) is 10.5. The lowest BCUT2D eigenvalue weighted by atomic mass is 10.1. The molecule has 0 unspecified atom stereocenters. The van der Waals surface area contributed by atoms with Gasteiger partial charge in [0.25, 0.3) is 0 Å². The highest BCUT2D eigenvalue weighted by Crippen LogP contribution is 2.32. The van der Waals surface area contributed by atoms with Crippen molar-refractivity contribution in [3.8, 4) is 5.75 Å². The lowest BCUT2D eigenvalue weighted by molar-refractivity contribution is -0.133. The summed E-state index contributed by atoms with van der Waals surface area (Å²) in [5, 5.41) is 0. The number of rotatable bonds is 6. The van der Waals surface area contributed by atoms with Gasteiger partial charge in [-0.3, -0.25) is 4.79 Å². The summed E-state index contributed by atoms with van der Waals surface area (Å²) in [4.78, 5) is 27.9. The maximum atomic E-state index is 12.5. The average Bonchev–Trinajstić information content (AvgIpc) is 2.47. The normalized spacial score (nSPS) is 13.6. The first-order valence-electron chi connectivity index (χ1n) is 7.89. The number of esters is 1. The predicted octanol–water partition coefficient (Wildman–Crippen LogP) is 2.37. The van der Waals surface area contributed by atoms with Gasteiger partial charge in [0.2, 0.25) is 5.91 Å². The highest BCUT2D eigenvalue weighted by Gasteiger charge is 2.26. The van der Waals surface area contributed by atoms with Crippen LogP contribution in [-0.2, 0) is 9.59 Å². The van der Waals surface area contributed by atoms with Gasteiger partial charge in [-0.1, -0.05) is 19.4 Å². The molecular formula is C17H24N2O3. The zero-order chi connectivity index (χ0) is 16.1. The Morgan fingerprint density at radius 1 is 1.36 bits per heavy atom. The molecule has 1 heterocycles. The smallest absolute Gasteiger partial charge is 0.331 e. The zero-order valence-electron chi connectivity index (χ0n) is 13.6. The van der Waals surface area contributed by atoms with Crippen molar-refractivity contribution in [3.63, 3.8) is 0 Å². The van der Waals surface area contributed by atoms with Crippen LogP contribution in [0.4, 0.5) is 5.69 Å². The number of fused-ring (bicyclic) bond motifs is 1. The summed E-state index contributed by atoms with van der Waals surface area (Å²) in [6, 6.07) is 5.70. The number of aryl methyl sites for hydroxylation is 1. The van der Waals surface area contributed by atoms with Crippen molar-refractivity contribution >= 4 is 17.6 Å². The van der Waals surface area contributed by atoms with Gasteiger partial charge in [-0.05, 0) is 38.0 Å². The van der Waals surface area contributed by atoms with Crippen LogP contribution in [0.1, 0.15) is 32.3 Å². The van der Waals surface area contributed by atoms with Crippen LogP contribution >= 0.6 is 0 Å². The summed E-state index contributed by atoms with van der Waals surface area (Å²) in [6.45, 7) is 7.83. The molecule has 0 aliphatic carbocycles. The number of hydrogen-bond acceptors (Lipinski definition) is 4. The lowest BCUT2D eigenvalue weighted by Gasteiger charge is -2.31. The number of nitrogens with zero attached hydrogens (tertiary/aromatic N) is 2. The van der Waals surface area contributed by atoms with E-state index in [0.29, 0.717) is 12.3 Å². The van der Waals surface area contributed by atoms with Gasteiger partial charge >= 0.3 is 5.97 Å². The SMILES string of the molecule is CCCCN(CC)C(=O)CN1CC(=O)Oc2cc(C)ccc21. The fourth-order valence-electron chi connectivity index (χ4n) is 2.57. The van der Waals surface area contributed by atoms with Crippen LogP contribution in [0.25, 0.3) is 0 Å². The van der Waals surface area contributed by atoms with Gasteiger partial charge < -0.3 is 14.5 Å². The van der Waals surface area contributed by atoms with Crippen LogP contribution in [0.3, 0.4) is 0 Å². The summed E-state index contributed by atoms with van der Waals surface area (Å²) >= 11 is 0. The van der Waals surface area contributed by atoms with Gasteiger partial charge in [-0.25, -0.2) is 4.79 Å². The number of unbranched alkanes of at least 4 members (excludes halogenated alkanes) is 1. The Bertz CT molecular complexity index is 557. The molecule has 0 atom stereocenters. The van der Waals surface area contributed by atoms with Crippen LogP contribution in [-0.4, -0.2) is 43.0 Å². The third-order valence-electron chi connectivity index (χ3n) is 3.84. The summed E-state index contributed by atoms with van der Waals surface area (Å²) in [5.41, 5.74) is 1.84. The Morgan fingerprint density at radius 2 is 2.14 bits per heavy atom.